The summed E-state index contributed by atoms with van der Waals surface area (Å²) < 4.78 is 0. The van der Waals surface area contributed by atoms with E-state index in [4.69, 9.17) is 5.73 Å². The minimum absolute atomic E-state index is 0.422. The SMILES string of the molecule is Bc1n[nH]c2cc(C(N)=O)ccc12. The molecular formula is C8H8BN3O. The number of carbonyl (C=O) groups is 1. The molecule has 0 bridgehead atoms. The van der Waals surface area contributed by atoms with Gasteiger partial charge in [-0.2, -0.15) is 5.10 Å². The minimum Gasteiger partial charge on any atom is -0.366 e. The maximum atomic E-state index is 10.8. The van der Waals surface area contributed by atoms with Crippen LogP contribution < -0.4 is 11.3 Å². The van der Waals surface area contributed by atoms with Crippen molar-refractivity contribution >= 4 is 30.2 Å². The lowest BCUT2D eigenvalue weighted by Crippen LogP contribution is -2.10. The maximum Gasteiger partial charge on any atom is 0.248 e. The first-order valence-electron chi connectivity index (χ1n) is 3.93. The highest BCUT2D eigenvalue weighted by atomic mass is 16.1. The van der Waals surface area contributed by atoms with Crippen LogP contribution in [0.4, 0.5) is 0 Å². The van der Waals surface area contributed by atoms with E-state index in [1.165, 1.54) is 0 Å². The van der Waals surface area contributed by atoms with Crippen LogP contribution in [0.25, 0.3) is 10.9 Å². The largest absolute Gasteiger partial charge is 0.366 e. The van der Waals surface area contributed by atoms with Crippen molar-refractivity contribution in [3.05, 3.63) is 23.8 Å². The van der Waals surface area contributed by atoms with Gasteiger partial charge in [0.15, 0.2) is 7.85 Å². The Morgan fingerprint density at radius 1 is 1.54 bits per heavy atom. The Morgan fingerprint density at radius 2 is 2.31 bits per heavy atom. The monoisotopic (exact) mass is 173 g/mol. The van der Waals surface area contributed by atoms with Crippen LogP contribution >= 0.6 is 0 Å². The summed E-state index contributed by atoms with van der Waals surface area (Å²) in [6, 6.07) is 5.25. The summed E-state index contributed by atoms with van der Waals surface area (Å²) >= 11 is 0. The molecular weight excluding hydrogens is 165 g/mol. The van der Waals surface area contributed by atoms with Crippen LogP contribution in [0.15, 0.2) is 18.2 Å². The zero-order valence-corrected chi connectivity index (χ0v) is 7.16. The summed E-state index contributed by atoms with van der Waals surface area (Å²) in [6.07, 6.45) is 0. The van der Waals surface area contributed by atoms with E-state index in [2.05, 4.69) is 10.2 Å². The van der Waals surface area contributed by atoms with Crippen LogP contribution in [0, 0.1) is 0 Å². The van der Waals surface area contributed by atoms with Gasteiger partial charge in [-0.25, -0.2) is 0 Å². The second-order valence-electron chi connectivity index (χ2n) is 2.93. The molecule has 0 saturated heterocycles. The molecule has 0 spiro atoms. The van der Waals surface area contributed by atoms with E-state index < -0.39 is 5.91 Å². The number of hydrogen-bond acceptors (Lipinski definition) is 2. The van der Waals surface area contributed by atoms with E-state index >= 15 is 0 Å². The predicted octanol–water partition coefficient (Wildman–Crippen LogP) is -1.08. The van der Waals surface area contributed by atoms with Gasteiger partial charge in [0.25, 0.3) is 0 Å². The standard InChI is InChI=1S/C8H8BN3O/c9-7-5-2-1-4(8(10)13)3-6(5)11-12-7/h1-3H,9H2,(H2,10,13)(H,11,12). The second kappa shape index (κ2) is 2.62. The summed E-state index contributed by atoms with van der Waals surface area (Å²) in [5.41, 5.74) is 7.40. The summed E-state index contributed by atoms with van der Waals surface area (Å²) in [5, 5.41) is 7.86. The quantitative estimate of drug-likeness (QED) is 0.538. The van der Waals surface area contributed by atoms with Crippen molar-refractivity contribution in [3.63, 3.8) is 0 Å². The summed E-state index contributed by atoms with van der Waals surface area (Å²) in [6.45, 7) is 0. The van der Waals surface area contributed by atoms with Crippen LogP contribution in [0.2, 0.25) is 0 Å². The number of H-pyrrole nitrogens is 1. The number of fused-ring (bicyclic) bond motifs is 1. The topological polar surface area (TPSA) is 71.8 Å². The van der Waals surface area contributed by atoms with Crippen LogP contribution in [0.3, 0.4) is 0 Å². The molecule has 1 amide bonds. The number of nitrogens with two attached hydrogens (primary N) is 1. The van der Waals surface area contributed by atoms with Crippen LogP contribution in [-0.2, 0) is 0 Å². The van der Waals surface area contributed by atoms with E-state index in [9.17, 15) is 4.79 Å². The lowest BCUT2D eigenvalue weighted by atomic mass is 9.99. The van der Waals surface area contributed by atoms with Crippen molar-refractivity contribution in [1.82, 2.24) is 10.2 Å². The Kier molecular flexibility index (Phi) is 1.58. The number of aromatic nitrogens is 2. The smallest absolute Gasteiger partial charge is 0.248 e. The Bertz CT molecular complexity index is 477. The number of rotatable bonds is 1. The summed E-state index contributed by atoms with van der Waals surface area (Å²) in [4.78, 5) is 10.8. The molecule has 0 saturated carbocycles. The number of benzene rings is 1. The van der Waals surface area contributed by atoms with Gasteiger partial charge in [-0.05, 0) is 12.1 Å². The average Bonchev–Trinajstić information content (AvgIpc) is 2.47. The molecule has 1 heterocycles. The van der Waals surface area contributed by atoms with Gasteiger partial charge in [-0.3, -0.25) is 9.89 Å². The normalized spacial score (nSPS) is 10.5. The van der Waals surface area contributed by atoms with E-state index in [-0.39, 0.29) is 0 Å². The Hall–Kier alpha value is -1.78. The van der Waals surface area contributed by atoms with Crippen molar-refractivity contribution in [1.29, 1.82) is 0 Å². The molecule has 0 unspecified atom stereocenters. The van der Waals surface area contributed by atoms with Gasteiger partial charge < -0.3 is 5.73 Å². The maximum absolute atomic E-state index is 10.8. The third-order valence-electron chi connectivity index (χ3n) is 2.04. The molecule has 0 atom stereocenters. The number of carbonyl (C=O) groups excluding carboxylic acids is 1. The first-order valence-corrected chi connectivity index (χ1v) is 3.93. The van der Waals surface area contributed by atoms with Crippen molar-refractivity contribution in [2.24, 2.45) is 5.73 Å². The number of primary amides is 1. The fourth-order valence-corrected chi connectivity index (χ4v) is 1.31. The van der Waals surface area contributed by atoms with Gasteiger partial charge in [0.2, 0.25) is 5.91 Å². The molecule has 0 fully saturated rings. The molecule has 2 aromatic rings. The zero-order chi connectivity index (χ0) is 9.42. The first kappa shape index (κ1) is 7.85. The van der Waals surface area contributed by atoms with E-state index in [0.29, 0.717) is 5.56 Å². The van der Waals surface area contributed by atoms with Crippen molar-refractivity contribution in [2.45, 2.75) is 0 Å². The zero-order valence-electron chi connectivity index (χ0n) is 7.16. The van der Waals surface area contributed by atoms with E-state index in [1.807, 2.05) is 13.9 Å². The molecule has 0 aliphatic heterocycles. The van der Waals surface area contributed by atoms with Crippen molar-refractivity contribution in [3.8, 4) is 0 Å². The second-order valence-corrected chi connectivity index (χ2v) is 2.93. The lowest BCUT2D eigenvalue weighted by molar-refractivity contribution is 0.100. The highest BCUT2D eigenvalue weighted by molar-refractivity contribution is 6.37. The molecule has 1 aromatic carbocycles. The predicted molar refractivity (Wildman–Crippen MR) is 52.8 cm³/mol. The molecule has 0 radical (unpaired) electrons. The molecule has 13 heavy (non-hydrogen) atoms. The van der Waals surface area contributed by atoms with Gasteiger partial charge in [0, 0.05) is 16.5 Å². The molecule has 0 aliphatic rings. The Balaban J connectivity index is 2.70. The Morgan fingerprint density at radius 3 is 3.00 bits per heavy atom. The van der Waals surface area contributed by atoms with Crippen molar-refractivity contribution in [2.75, 3.05) is 0 Å². The molecule has 2 rings (SSSR count). The van der Waals surface area contributed by atoms with Crippen LogP contribution in [0.1, 0.15) is 10.4 Å². The van der Waals surface area contributed by atoms with Gasteiger partial charge in [0.05, 0.1) is 5.52 Å². The number of nitrogens with zero attached hydrogens (tertiary/aromatic N) is 1. The fourth-order valence-electron chi connectivity index (χ4n) is 1.31. The van der Waals surface area contributed by atoms with Gasteiger partial charge in [-0.15, -0.1) is 0 Å². The van der Waals surface area contributed by atoms with Gasteiger partial charge in [-0.1, -0.05) is 6.07 Å². The highest BCUT2D eigenvalue weighted by Crippen LogP contribution is 2.10. The van der Waals surface area contributed by atoms with Gasteiger partial charge >= 0.3 is 0 Å². The third-order valence-corrected chi connectivity index (χ3v) is 2.04. The van der Waals surface area contributed by atoms with Gasteiger partial charge in [0.1, 0.15) is 0 Å². The third kappa shape index (κ3) is 1.18. The number of amides is 1. The molecule has 64 valence electrons. The minimum atomic E-state index is -0.422. The molecule has 4 nitrogen and oxygen atoms in total. The first-order chi connectivity index (χ1) is 6.18. The van der Waals surface area contributed by atoms with Crippen LogP contribution in [0.5, 0.6) is 0 Å². The molecule has 3 N–H and O–H groups in total. The van der Waals surface area contributed by atoms with E-state index in [0.717, 1.165) is 16.5 Å². The summed E-state index contributed by atoms with van der Waals surface area (Å²) in [7, 11) is 1.91. The molecule has 0 aliphatic carbocycles. The van der Waals surface area contributed by atoms with E-state index in [1.54, 1.807) is 12.1 Å². The number of aromatic amines is 1. The highest BCUT2D eigenvalue weighted by Gasteiger charge is 2.04. The number of hydrogen-bond donors (Lipinski definition) is 2. The molecule has 1 aromatic heterocycles. The average molecular weight is 173 g/mol. The fraction of sp³-hybridized carbons (Fsp3) is 0. The lowest BCUT2D eigenvalue weighted by Gasteiger charge is -1.94. The Labute approximate surface area is 75.5 Å². The number of nitrogens with one attached hydrogen (secondary N) is 1. The summed E-state index contributed by atoms with van der Waals surface area (Å²) in [5.74, 6) is -0.422. The molecule has 5 heteroatoms. The van der Waals surface area contributed by atoms with Crippen molar-refractivity contribution < 1.29 is 4.79 Å². The van der Waals surface area contributed by atoms with Crippen LogP contribution in [-0.4, -0.2) is 24.0 Å².